The summed E-state index contributed by atoms with van der Waals surface area (Å²) in [6, 6.07) is 14.4. The van der Waals surface area contributed by atoms with Gasteiger partial charge in [-0.15, -0.1) is 11.8 Å². The number of carbonyl (C=O) groups excluding carboxylic acids is 1. The van der Waals surface area contributed by atoms with E-state index in [1.165, 1.54) is 0 Å². The lowest BCUT2D eigenvalue weighted by Gasteiger charge is -2.24. The second-order valence-electron chi connectivity index (χ2n) is 5.91. The van der Waals surface area contributed by atoms with Crippen LogP contribution in [-0.4, -0.2) is 23.1 Å². The third kappa shape index (κ3) is 3.29. The molecule has 1 amide bonds. The molecule has 1 fully saturated rings. The first-order chi connectivity index (χ1) is 12.5. The molecule has 2 aromatic carbocycles. The van der Waals surface area contributed by atoms with Gasteiger partial charge in [-0.05, 0) is 42.0 Å². The van der Waals surface area contributed by atoms with Crippen molar-refractivity contribution in [3.63, 3.8) is 0 Å². The molecule has 1 aliphatic rings. The summed E-state index contributed by atoms with van der Waals surface area (Å²) in [5, 5.41) is 1.16. The van der Waals surface area contributed by atoms with Gasteiger partial charge in [0.05, 0.1) is 0 Å². The molecule has 4 rings (SSSR count). The zero-order chi connectivity index (χ0) is 18.3. The van der Waals surface area contributed by atoms with Crippen LogP contribution in [0.15, 0.2) is 62.2 Å². The smallest absolute Gasteiger partial charge is 0.349 e. The molecule has 0 bridgehead atoms. The van der Waals surface area contributed by atoms with Gasteiger partial charge < -0.3 is 9.32 Å². The Morgan fingerprint density at radius 1 is 1.23 bits per heavy atom. The summed E-state index contributed by atoms with van der Waals surface area (Å²) in [6.07, 6.45) is 0. The number of carbonyl (C=O) groups is 1. The molecule has 1 aromatic heterocycles. The Bertz CT molecular complexity index is 1070. The molecule has 4 nitrogen and oxygen atoms in total. The van der Waals surface area contributed by atoms with E-state index in [9.17, 15) is 9.59 Å². The van der Waals surface area contributed by atoms with Crippen LogP contribution in [-0.2, 0) is 0 Å². The zero-order valence-electron chi connectivity index (χ0n) is 13.4. The standard InChI is InChI=1S/C19H13BrClNO3S/c20-13-4-5-16-12(8-13)10-15(19(24)25-16)17(23)22-6-7-26-18(22)11-2-1-3-14(21)9-11/h1-5,8-10,18H,6-7H2. The summed E-state index contributed by atoms with van der Waals surface area (Å²) in [5.74, 6) is 0.475. The lowest BCUT2D eigenvalue weighted by Crippen LogP contribution is -2.33. The molecular weight excluding hydrogens is 438 g/mol. The Morgan fingerprint density at radius 3 is 2.88 bits per heavy atom. The number of fused-ring (bicyclic) bond motifs is 1. The summed E-state index contributed by atoms with van der Waals surface area (Å²) in [7, 11) is 0. The highest BCUT2D eigenvalue weighted by molar-refractivity contribution is 9.10. The third-order valence-electron chi connectivity index (χ3n) is 4.21. The largest absolute Gasteiger partial charge is 0.422 e. The van der Waals surface area contributed by atoms with Gasteiger partial charge in [-0.1, -0.05) is 39.7 Å². The Labute approximate surface area is 167 Å². The Kier molecular flexibility index (Phi) is 4.82. The van der Waals surface area contributed by atoms with Crippen molar-refractivity contribution in [1.82, 2.24) is 4.90 Å². The lowest BCUT2D eigenvalue weighted by molar-refractivity contribution is 0.0756. The van der Waals surface area contributed by atoms with Crippen molar-refractivity contribution in [1.29, 1.82) is 0 Å². The number of nitrogens with zero attached hydrogens (tertiary/aromatic N) is 1. The van der Waals surface area contributed by atoms with Gasteiger partial charge in [0.15, 0.2) is 0 Å². The van der Waals surface area contributed by atoms with Crippen molar-refractivity contribution in [3.05, 3.63) is 79.6 Å². The van der Waals surface area contributed by atoms with Crippen LogP contribution in [0.3, 0.4) is 0 Å². The van der Waals surface area contributed by atoms with Crippen LogP contribution < -0.4 is 5.63 Å². The van der Waals surface area contributed by atoms with E-state index in [2.05, 4.69) is 15.9 Å². The van der Waals surface area contributed by atoms with E-state index in [-0.39, 0.29) is 16.8 Å². The van der Waals surface area contributed by atoms with Gasteiger partial charge in [0.1, 0.15) is 16.5 Å². The van der Waals surface area contributed by atoms with Crippen LogP contribution in [0.4, 0.5) is 0 Å². The first-order valence-electron chi connectivity index (χ1n) is 7.94. The Balaban J connectivity index is 1.73. The minimum atomic E-state index is -0.619. The Morgan fingerprint density at radius 2 is 2.08 bits per heavy atom. The molecule has 0 aliphatic carbocycles. The van der Waals surface area contributed by atoms with Crippen LogP contribution in [0.25, 0.3) is 11.0 Å². The molecule has 1 unspecified atom stereocenters. The van der Waals surface area contributed by atoms with Gasteiger partial charge in [0.25, 0.3) is 5.91 Å². The SMILES string of the molecule is O=C(c1cc2cc(Br)ccc2oc1=O)N1CCSC1c1cccc(Cl)c1. The van der Waals surface area contributed by atoms with Crippen LogP contribution in [0.2, 0.25) is 5.02 Å². The lowest BCUT2D eigenvalue weighted by atomic mass is 10.1. The summed E-state index contributed by atoms with van der Waals surface area (Å²) in [5.41, 5.74) is 0.829. The van der Waals surface area contributed by atoms with Crippen molar-refractivity contribution in [2.24, 2.45) is 0 Å². The molecule has 1 saturated heterocycles. The van der Waals surface area contributed by atoms with Crippen molar-refractivity contribution < 1.29 is 9.21 Å². The Hall–Kier alpha value is -1.76. The van der Waals surface area contributed by atoms with E-state index in [1.54, 1.807) is 40.9 Å². The maximum Gasteiger partial charge on any atom is 0.349 e. The fourth-order valence-electron chi connectivity index (χ4n) is 3.01. The number of benzene rings is 2. The highest BCUT2D eigenvalue weighted by atomic mass is 79.9. The molecule has 1 atom stereocenters. The number of halogens is 2. The normalized spacial score (nSPS) is 17.0. The highest BCUT2D eigenvalue weighted by Gasteiger charge is 2.33. The van der Waals surface area contributed by atoms with E-state index in [0.717, 1.165) is 15.8 Å². The molecule has 1 aliphatic heterocycles. The van der Waals surface area contributed by atoms with Crippen LogP contribution in [0.1, 0.15) is 21.3 Å². The fraction of sp³-hybridized carbons (Fsp3) is 0.158. The number of rotatable bonds is 2. The van der Waals surface area contributed by atoms with E-state index >= 15 is 0 Å². The average molecular weight is 451 g/mol. The van der Waals surface area contributed by atoms with E-state index in [1.807, 2.05) is 24.3 Å². The minimum Gasteiger partial charge on any atom is -0.422 e. The molecular formula is C19H13BrClNO3S. The predicted molar refractivity (Wildman–Crippen MR) is 108 cm³/mol. The molecule has 0 N–H and O–H groups in total. The third-order valence-corrected chi connectivity index (χ3v) is 6.20. The first-order valence-corrected chi connectivity index (χ1v) is 10.2. The molecule has 0 spiro atoms. The van der Waals surface area contributed by atoms with E-state index in [0.29, 0.717) is 22.5 Å². The number of hydrogen-bond donors (Lipinski definition) is 0. The summed E-state index contributed by atoms with van der Waals surface area (Å²) >= 11 is 11.1. The topological polar surface area (TPSA) is 50.5 Å². The van der Waals surface area contributed by atoms with Crippen LogP contribution in [0, 0.1) is 0 Å². The molecule has 3 aromatic rings. The monoisotopic (exact) mass is 449 g/mol. The zero-order valence-corrected chi connectivity index (χ0v) is 16.6. The second kappa shape index (κ2) is 7.10. The molecule has 2 heterocycles. The minimum absolute atomic E-state index is 0.0464. The summed E-state index contributed by atoms with van der Waals surface area (Å²) in [4.78, 5) is 27.1. The predicted octanol–water partition coefficient (Wildman–Crippen LogP) is 5.10. The first kappa shape index (κ1) is 17.6. The molecule has 132 valence electrons. The summed E-state index contributed by atoms with van der Waals surface area (Å²) in [6.45, 7) is 0.566. The number of hydrogen-bond acceptors (Lipinski definition) is 4. The molecule has 26 heavy (non-hydrogen) atoms. The molecule has 0 radical (unpaired) electrons. The van der Waals surface area contributed by atoms with Gasteiger partial charge in [-0.2, -0.15) is 0 Å². The van der Waals surface area contributed by atoms with E-state index < -0.39 is 5.63 Å². The van der Waals surface area contributed by atoms with Crippen molar-refractivity contribution in [3.8, 4) is 0 Å². The van der Waals surface area contributed by atoms with Crippen molar-refractivity contribution in [2.45, 2.75) is 5.37 Å². The fourth-order valence-corrected chi connectivity index (χ4v) is 4.84. The average Bonchev–Trinajstić information content (AvgIpc) is 3.11. The van der Waals surface area contributed by atoms with Gasteiger partial charge in [-0.3, -0.25) is 4.79 Å². The molecule has 0 saturated carbocycles. The number of thioether (sulfide) groups is 1. The van der Waals surface area contributed by atoms with Gasteiger partial charge in [0, 0.05) is 27.2 Å². The van der Waals surface area contributed by atoms with Gasteiger partial charge in [-0.25, -0.2) is 4.79 Å². The summed E-state index contributed by atoms with van der Waals surface area (Å²) < 4.78 is 6.19. The van der Waals surface area contributed by atoms with Gasteiger partial charge >= 0.3 is 5.63 Å². The number of amides is 1. The second-order valence-corrected chi connectivity index (χ2v) is 8.45. The van der Waals surface area contributed by atoms with Crippen molar-refractivity contribution >= 4 is 56.2 Å². The maximum atomic E-state index is 13.1. The highest BCUT2D eigenvalue weighted by Crippen LogP contribution is 2.39. The van der Waals surface area contributed by atoms with E-state index in [4.69, 9.17) is 16.0 Å². The van der Waals surface area contributed by atoms with Crippen LogP contribution in [0.5, 0.6) is 0 Å². The van der Waals surface area contributed by atoms with Crippen LogP contribution >= 0.6 is 39.3 Å². The van der Waals surface area contributed by atoms with Gasteiger partial charge in [0.2, 0.25) is 0 Å². The van der Waals surface area contributed by atoms with Crippen molar-refractivity contribution in [2.75, 3.05) is 12.3 Å². The quantitative estimate of drug-likeness (QED) is 0.510. The maximum absolute atomic E-state index is 13.1. The molecule has 7 heteroatoms.